The normalized spacial score (nSPS) is 10.2. The molecule has 0 fully saturated rings. The van der Waals surface area contributed by atoms with Crippen molar-refractivity contribution in [1.29, 1.82) is 0 Å². The van der Waals surface area contributed by atoms with E-state index >= 15 is 0 Å². The third-order valence-corrected chi connectivity index (χ3v) is 3.01. The number of hydrogen-bond donors (Lipinski definition) is 1. The van der Waals surface area contributed by atoms with Crippen molar-refractivity contribution >= 4 is 17.5 Å². The van der Waals surface area contributed by atoms with Crippen LogP contribution < -0.4 is 5.32 Å². The number of anilines is 1. The van der Waals surface area contributed by atoms with Gasteiger partial charge in [0.25, 0.3) is 5.91 Å². The number of nitrogens with one attached hydrogen (secondary N) is 1. The molecule has 1 N–H and O–H groups in total. The fraction of sp³-hybridized carbons (Fsp3) is 0.250. The van der Waals surface area contributed by atoms with Crippen LogP contribution in [0.2, 0.25) is 0 Å². The molecule has 110 valence electrons. The van der Waals surface area contributed by atoms with E-state index in [1.54, 1.807) is 26.1 Å². The van der Waals surface area contributed by atoms with Gasteiger partial charge >= 0.3 is 0 Å². The summed E-state index contributed by atoms with van der Waals surface area (Å²) in [5.41, 5.74) is 1.83. The molecule has 0 aliphatic carbocycles. The highest BCUT2D eigenvalue weighted by molar-refractivity contribution is 5.97. The zero-order chi connectivity index (χ0) is 15.4. The van der Waals surface area contributed by atoms with Crippen LogP contribution in [0.3, 0.4) is 0 Å². The molecule has 21 heavy (non-hydrogen) atoms. The van der Waals surface area contributed by atoms with Crippen LogP contribution in [0.1, 0.15) is 21.9 Å². The highest BCUT2D eigenvalue weighted by Crippen LogP contribution is 2.10. The Morgan fingerprint density at radius 2 is 1.76 bits per heavy atom. The molecule has 2 aromatic rings. The van der Waals surface area contributed by atoms with Crippen LogP contribution >= 0.6 is 0 Å². The van der Waals surface area contributed by atoms with Crippen molar-refractivity contribution in [3.05, 3.63) is 53.5 Å². The Morgan fingerprint density at radius 1 is 1.10 bits per heavy atom. The second-order valence-corrected chi connectivity index (χ2v) is 4.99. The third kappa shape index (κ3) is 3.95. The Kier molecular flexibility index (Phi) is 4.42. The molecule has 1 heterocycles. The molecule has 0 radical (unpaired) electrons. The van der Waals surface area contributed by atoms with Gasteiger partial charge in [0.1, 0.15) is 5.76 Å². The second kappa shape index (κ2) is 6.26. The molecular weight excluding hydrogens is 268 g/mol. The van der Waals surface area contributed by atoms with Crippen molar-refractivity contribution in [2.75, 3.05) is 18.9 Å². The van der Waals surface area contributed by atoms with Crippen LogP contribution in [-0.4, -0.2) is 30.3 Å². The average molecular weight is 286 g/mol. The number of aryl methyl sites for hydroxylation is 2. The van der Waals surface area contributed by atoms with Crippen molar-refractivity contribution in [1.82, 2.24) is 4.90 Å². The van der Waals surface area contributed by atoms with E-state index in [4.69, 9.17) is 4.42 Å². The van der Waals surface area contributed by atoms with Crippen LogP contribution in [0, 0.1) is 13.8 Å². The van der Waals surface area contributed by atoms with Crippen molar-refractivity contribution < 1.29 is 14.0 Å². The van der Waals surface area contributed by atoms with Crippen molar-refractivity contribution in [2.45, 2.75) is 13.8 Å². The van der Waals surface area contributed by atoms with E-state index in [1.165, 1.54) is 4.90 Å². The standard InChI is InChI=1S/C16H18N2O3/c1-11-4-7-13(8-5-11)17-15(19)10-18(3)16(20)14-9-6-12(2)21-14/h4-9H,10H2,1-3H3,(H,17,19). The number of likely N-dealkylation sites (N-methyl/N-ethyl adjacent to an activating group) is 1. The molecule has 1 aromatic carbocycles. The van der Waals surface area contributed by atoms with Crippen LogP contribution in [0.25, 0.3) is 0 Å². The molecule has 2 rings (SSSR count). The molecule has 5 heteroatoms. The summed E-state index contributed by atoms with van der Waals surface area (Å²) in [6, 6.07) is 10.8. The first-order chi connectivity index (χ1) is 9.95. The Bertz CT molecular complexity index is 644. The fourth-order valence-corrected chi connectivity index (χ4v) is 1.86. The zero-order valence-corrected chi connectivity index (χ0v) is 12.3. The quantitative estimate of drug-likeness (QED) is 0.939. The monoisotopic (exact) mass is 286 g/mol. The van der Waals surface area contributed by atoms with Crippen molar-refractivity contribution in [2.24, 2.45) is 0 Å². The van der Waals surface area contributed by atoms with E-state index in [2.05, 4.69) is 5.32 Å². The number of benzene rings is 1. The minimum Gasteiger partial charge on any atom is -0.456 e. The summed E-state index contributed by atoms with van der Waals surface area (Å²) in [5.74, 6) is 0.328. The van der Waals surface area contributed by atoms with Gasteiger partial charge in [0.05, 0.1) is 6.54 Å². The highest BCUT2D eigenvalue weighted by atomic mass is 16.3. The fourth-order valence-electron chi connectivity index (χ4n) is 1.86. The van der Waals surface area contributed by atoms with E-state index in [0.717, 1.165) is 5.56 Å². The Morgan fingerprint density at radius 3 is 2.33 bits per heavy atom. The van der Waals surface area contributed by atoms with Gasteiger partial charge in [-0.15, -0.1) is 0 Å². The number of nitrogens with zero attached hydrogens (tertiary/aromatic N) is 1. The molecule has 1 aromatic heterocycles. The van der Waals surface area contributed by atoms with Gasteiger partial charge in [0, 0.05) is 12.7 Å². The van der Waals surface area contributed by atoms with E-state index in [-0.39, 0.29) is 24.1 Å². The number of furan rings is 1. The first kappa shape index (κ1) is 14.8. The zero-order valence-electron chi connectivity index (χ0n) is 12.3. The van der Waals surface area contributed by atoms with Crippen LogP contribution in [0.5, 0.6) is 0 Å². The van der Waals surface area contributed by atoms with Gasteiger partial charge in [-0.25, -0.2) is 0 Å². The van der Waals surface area contributed by atoms with Crippen molar-refractivity contribution in [3.63, 3.8) is 0 Å². The predicted octanol–water partition coefficient (Wildman–Crippen LogP) is 2.61. The molecule has 0 spiro atoms. The molecule has 0 aliphatic heterocycles. The Labute approximate surface area is 123 Å². The van der Waals surface area contributed by atoms with Gasteiger partial charge in [0.15, 0.2) is 5.76 Å². The number of hydrogen-bond acceptors (Lipinski definition) is 3. The lowest BCUT2D eigenvalue weighted by molar-refractivity contribution is -0.116. The molecule has 2 amide bonds. The summed E-state index contributed by atoms with van der Waals surface area (Å²) >= 11 is 0. The topological polar surface area (TPSA) is 62.6 Å². The Balaban J connectivity index is 1.92. The maximum atomic E-state index is 12.0. The number of carbonyl (C=O) groups excluding carboxylic acids is 2. The average Bonchev–Trinajstić information content (AvgIpc) is 2.87. The van der Waals surface area contributed by atoms with E-state index < -0.39 is 0 Å². The molecule has 0 saturated heterocycles. The summed E-state index contributed by atoms with van der Waals surface area (Å²) in [7, 11) is 1.56. The minimum atomic E-state index is -0.317. The van der Waals surface area contributed by atoms with Gasteiger partial charge in [-0.05, 0) is 38.1 Å². The van der Waals surface area contributed by atoms with Crippen LogP contribution in [-0.2, 0) is 4.79 Å². The molecule has 5 nitrogen and oxygen atoms in total. The van der Waals surface area contributed by atoms with E-state index in [9.17, 15) is 9.59 Å². The first-order valence-electron chi connectivity index (χ1n) is 6.64. The molecule has 0 bridgehead atoms. The largest absolute Gasteiger partial charge is 0.456 e. The van der Waals surface area contributed by atoms with Crippen LogP contribution in [0.4, 0.5) is 5.69 Å². The Hall–Kier alpha value is -2.56. The predicted molar refractivity (Wildman–Crippen MR) is 80.2 cm³/mol. The highest BCUT2D eigenvalue weighted by Gasteiger charge is 2.17. The van der Waals surface area contributed by atoms with Crippen LogP contribution in [0.15, 0.2) is 40.8 Å². The smallest absolute Gasteiger partial charge is 0.289 e. The maximum Gasteiger partial charge on any atom is 0.289 e. The molecular formula is C16H18N2O3. The molecule has 0 saturated carbocycles. The van der Waals surface area contributed by atoms with Gasteiger partial charge < -0.3 is 14.6 Å². The molecule has 0 aliphatic rings. The van der Waals surface area contributed by atoms with Crippen molar-refractivity contribution in [3.8, 4) is 0 Å². The number of carbonyl (C=O) groups is 2. The van der Waals surface area contributed by atoms with Gasteiger partial charge in [0.2, 0.25) is 5.91 Å². The van der Waals surface area contributed by atoms with Gasteiger partial charge in [-0.3, -0.25) is 9.59 Å². The summed E-state index contributed by atoms with van der Waals surface area (Å²) < 4.78 is 5.26. The lowest BCUT2D eigenvalue weighted by atomic mass is 10.2. The van der Waals surface area contributed by atoms with Gasteiger partial charge in [-0.2, -0.15) is 0 Å². The third-order valence-electron chi connectivity index (χ3n) is 3.01. The van der Waals surface area contributed by atoms with E-state index in [1.807, 2.05) is 31.2 Å². The van der Waals surface area contributed by atoms with Gasteiger partial charge in [-0.1, -0.05) is 17.7 Å². The number of amides is 2. The summed E-state index contributed by atoms with van der Waals surface area (Å²) in [6.45, 7) is 3.71. The molecule has 0 unspecified atom stereocenters. The van der Waals surface area contributed by atoms with E-state index in [0.29, 0.717) is 11.4 Å². The maximum absolute atomic E-state index is 12.0. The second-order valence-electron chi connectivity index (χ2n) is 4.99. The molecule has 0 atom stereocenters. The summed E-state index contributed by atoms with van der Waals surface area (Å²) in [6.07, 6.45) is 0. The number of rotatable bonds is 4. The SMILES string of the molecule is Cc1ccc(NC(=O)CN(C)C(=O)c2ccc(C)o2)cc1. The summed E-state index contributed by atoms with van der Waals surface area (Å²) in [5, 5.41) is 2.75. The summed E-state index contributed by atoms with van der Waals surface area (Å²) in [4.78, 5) is 25.3. The first-order valence-corrected chi connectivity index (χ1v) is 6.64. The lowest BCUT2D eigenvalue weighted by Crippen LogP contribution is -2.34. The minimum absolute atomic E-state index is 0.0353. The lowest BCUT2D eigenvalue weighted by Gasteiger charge is -2.15.